The monoisotopic (exact) mass is 776 g/mol. The van der Waals surface area contributed by atoms with Crippen LogP contribution in [-0.2, 0) is 35.5 Å². The Balaban J connectivity index is 0.797. The quantitative estimate of drug-likeness (QED) is 0.189. The van der Waals surface area contributed by atoms with E-state index in [0.29, 0.717) is 99.8 Å². The molecule has 1 aromatic carbocycles. The maximum atomic E-state index is 13.2. The average Bonchev–Trinajstić information content (AvgIpc) is 3.83. The van der Waals surface area contributed by atoms with Crippen LogP contribution in [0.3, 0.4) is 0 Å². The summed E-state index contributed by atoms with van der Waals surface area (Å²) in [5.41, 5.74) is 13.4. The lowest BCUT2D eigenvalue weighted by molar-refractivity contribution is -0.135. The van der Waals surface area contributed by atoms with Crippen LogP contribution in [0.4, 0.5) is 0 Å². The summed E-state index contributed by atoms with van der Waals surface area (Å²) in [6.07, 6.45) is 1.52. The van der Waals surface area contributed by atoms with Crippen LogP contribution in [0, 0.1) is 10.8 Å². The summed E-state index contributed by atoms with van der Waals surface area (Å²) in [4.78, 5) is 66.4. The predicted molar refractivity (Wildman–Crippen MR) is 203 cm³/mol. The van der Waals surface area contributed by atoms with Gasteiger partial charge in [0.2, 0.25) is 0 Å². The predicted octanol–water partition coefficient (Wildman–Crippen LogP) is 1.04. The molecule has 16 nitrogen and oxygen atoms in total. The molecule has 6 heterocycles. The van der Waals surface area contributed by atoms with Gasteiger partial charge in [0.1, 0.15) is 11.5 Å². The Hall–Kier alpha value is -5.36. The lowest BCUT2D eigenvalue weighted by atomic mass is 10.1. The van der Waals surface area contributed by atoms with E-state index in [-0.39, 0.29) is 48.8 Å². The van der Waals surface area contributed by atoms with Crippen molar-refractivity contribution in [2.75, 3.05) is 78.7 Å². The van der Waals surface area contributed by atoms with Crippen molar-refractivity contribution in [3.05, 3.63) is 67.0 Å². The second-order valence-electron chi connectivity index (χ2n) is 13.6. The van der Waals surface area contributed by atoms with Crippen LogP contribution in [0.25, 0.3) is 0 Å². The molecule has 6 N–H and O–H groups in total. The van der Waals surface area contributed by atoms with Crippen molar-refractivity contribution in [2.24, 2.45) is 11.5 Å². The number of thiophene rings is 2. The molecule has 7 rings (SSSR count). The van der Waals surface area contributed by atoms with E-state index in [9.17, 15) is 19.2 Å². The van der Waals surface area contributed by atoms with Gasteiger partial charge in [-0.2, -0.15) is 0 Å². The van der Waals surface area contributed by atoms with Gasteiger partial charge in [-0.1, -0.05) is 0 Å². The van der Waals surface area contributed by atoms with Crippen LogP contribution in [0.15, 0.2) is 36.4 Å². The Bertz CT molecular complexity index is 1790. The first-order valence-corrected chi connectivity index (χ1v) is 19.6. The first-order valence-electron chi connectivity index (χ1n) is 17.9. The number of piperazine rings is 2. The zero-order valence-electron chi connectivity index (χ0n) is 29.9. The number of nitrogens with one attached hydrogen (secondary N) is 2. The fourth-order valence-electron chi connectivity index (χ4n) is 7.02. The lowest BCUT2D eigenvalue weighted by Gasteiger charge is -2.34. The summed E-state index contributed by atoms with van der Waals surface area (Å²) in [6, 6.07) is 10.6. The molecule has 54 heavy (non-hydrogen) atoms. The van der Waals surface area contributed by atoms with Crippen LogP contribution in [0.2, 0.25) is 0 Å². The number of carbonyl (C=O) groups excluding carboxylic acids is 4. The molecule has 2 saturated heterocycles. The van der Waals surface area contributed by atoms with Crippen LogP contribution in [-0.4, -0.2) is 144 Å². The fourth-order valence-corrected chi connectivity index (χ4v) is 9.28. The van der Waals surface area contributed by atoms with Gasteiger partial charge in [-0.05, 0) is 60.4 Å². The lowest BCUT2D eigenvalue weighted by Crippen LogP contribution is -2.51. The van der Waals surface area contributed by atoms with Crippen LogP contribution in [0.1, 0.15) is 40.2 Å². The van der Waals surface area contributed by atoms with Crippen molar-refractivity contribution < 1.29 is 28.7 Å². The third kappa shape index (κ3) is 8.23. The van der Waals surface area contributed by atoms with Gasteiger partial charge in [0.15, 0.2) is 25.1 Å². The standard InChI is InChI=1S/C36H44N10O6S2/c37-35(38)45-7-5-27-23(19-45)17-29(53-27)33(49)43-13-9-41(10-14-43)31(47)21-51-25-1-2-26(4-3-25)52-22-32(48)42-11-15-44(16-12-42)34(50)30-18-24-20-46(36(39)40)8-6-28(24)54-30/h1-4,17-18H,5-16,19-22H2,(H3,37,38)(H3,39,40). The van der Waals surface area contributed by atoms with Gasteiger partial charge in [-0.15, -0.1) is 22.7 Å². The molecule has 2 aromatic heterocycles. The summed E-state index contributed by atoms with van der Waals surface area (Å²) in [5.74, 6) is 0.650. The highest BCUT2D eigenvalue weighted by Gasteiger charge is 2.30. The highest BCUT2D eigenvalue weighted by Crippen LogP contribution is 2.30. The molecule has 0 aliphatic carbocycles. The summed E-state index contributed by atoms with van der Waals surface area (Å²) >= 11 is 3.01. The number of rotatable bonds is 8. The maximum absolute atomic E-state index is 13.2. The molecule has 286 valence electrons. The van der Waals surface area contributed by atoms with Crippen molar-refractivity contribution in [3.63, 3.8) is 0 Å². The topological polar surface area (TPSA) is 206 Å². The number of nitrogens with zero attached hydrogens (tertiary/aromatic N) is 6. The van der Waals surface area contributed by atoms with Crippen LogP contribution < -0.4 is 20.9 Å². The molecule has 0 saturated carbocycles. The molecule has 4 aliphatic heterocycles. The van der Waals surface area contributed by atoms with Gasteiger partial charge in [-0.3, -0.25) is 30.0 Å². The molecule has 0 bridgehead atoms. The number of carbonyl (C=O) groups is 4. The first kappa shape index (κ1) is 37.0. The molecule has 4 amide bonds. The molecule has 4 aliphatic rings. The molecule has 18 heteroatoms. The number of amides is 4. The van der Waals surface area contributed by atoms with Crippen LogP contribution >= 0.6 is 22.7 Å². The summed E-state index contributed by atoms with van der Waals surface area (Å²) < 4.78 is 11.5. The number of nitrogens with two attached hydrogens (primary N) is 2. The van der Waals surface area contributed by atoms with Crippen molar-refractivity contribution in [1.82, 2.24) is 29.4 Å². The summed E-state index contributed by atoms with van der Waals surface area (Å²) in [6.45, 7) is 5.57. The number of hydrogen-bond donors (Lipinski definition) is 4. The van der Waals surface area contributed by atoms with Crippen molar-refractivity contribution in [2.45, 2.75) is 25.9 Å². The van der Waals surface area contributed by atoms with Gasteiger partial charge in [-0.25, -0.2) is 0 Å². The van der Waals surface area contributed by atoms with Gasteiger partial charge in [0, 0.05) is 88.3 Å². The van der Waals surface area contributed by atoms with Crippen LogP contribution in [0.5, 0.6) is 11.5 Å². The Kier molecular flexibility index (Phi) is 10.9. The second kappa shape index (κ2) is 15.9. The van der Waals surface area contributed by atoms with Gasteiger partial charge < -0.3 is 50.3 Å². The summed E-state index contributed by atoms with van der Waals surface area (Å²) in [7, 11) is 0. The highest BCUT2D eigenvalue weighted by atomic mass is 32.1. The summed E-state index contributed by atoms with van der Waals surface area (Å²) in [5, 5.41) is 15.4. The number of hydrogen-bond acceptors (Lipinski definition) is 10. The molecule has 0 unspecified atom stereocenters. The first-order chi connectivity index (χ1) is 26.0. The van der Waals surface area contributed by atoms with E-state index in [0.717, 1.165) is 33.7 Å². The fraction of sp³-hybridized carbons (Fsp3) is 0.444. The molecule has 0 radical (unpaired) electrons. The molecule has 3 aromatic rings. The zero-order valence-corrected chi connectivity index (χ0v) is 31.5. The number of fused-ring (bicyclic) bond motifs is 2. The van der Waals surface area contributed by atoms with Crippen molar-refractivity contribution in [3.8, 4) is 11.5 Å². The van der Waals surface area contributed by atoms with E-state index in [1.807, 2.05) is 12.1 Å². The smallest absolute Gasteiger partial charge is 0.264 e. The van der Waals surface area contributed by atoms with Crippen molar-refractivity contribution in [1.29, 1.82) is 10.8 Å². The molecular weight excluding hydrogens is 733 g/mol. The number of benzene rings is 1. The Labute approximate surface area is 320 Å². The third-order valence-corrected chi connectivity index (χ3v) is 12.7. The number of ether oxygens (including phenoxy) is 2. The van der Waals surface area contributed by atoms with E-state index in [2.05, 4.69) is 0 Å². The maximum Gasteiger partial charge on any atom is 0.264 e. The van der Waals surface area contributed by atoms with Gasteiger partial charge in [0.25, 0.3) is 23.6 Å². The molecule has 0 spiro atoms. The van der Waals surface area contributed by atoms with Gasteiger partial charge in [0.05, 0.1) is 9.75 Å². The van der Waals surface area contributed by atoms with E-state index < -0.39 is 0 Å². The SMILES string of the molecule is N=C(N)N1CCc2sc(C(=O)N3CCN(C(=O)COc4ccc(OCC(=O)N5CCN(C(=O)c6cc7c(s6)CCN(C(=N)N)C7)CC5)cc4)CC3)cc2C1. The van der Waals surface area contributed by atoms with E-state index in [1.54, 1.807) is 53.7 Å². The molecular formula is C36H44N10O6S2. The minimum Gasteiger partial charge on any atom is -0.484 e. The number of guanidine groups is 2. The van der Waals surface area contributed by atoms with Gasteiger partial charge >= 0.3 is 0 Å². The largest absolute Gasteiger partial charge is 0.484 e. The van der Waals surface area contributed by atoms with E-state index >= 15 is 0 Å². The Morgan fingerprint density at radius 2 is 0.907 bits per heavy atom. The van der Waals surface area contributed by atoms with Crippen molar-refractivity contribution >= 4 is 58.2 Å². The normalized spacial score (nSPS) is 17.1. The Morgan fingerprint density at radius 3 is 1.26 bits per heavy atom. The molecule has 0 atom stereocenters. The zero-order chi connectivity index (χ0) is 37.9. The highest BCUT2D eigenvalue weighted by molar-refractivity contribution is 7.14. The van der Waals surface area contributed by atoms with E-state index in [4.69, 9.17) is 31.8 Å². The molecule has 2 fully saturated rings. The minimum absolute atomic E-state index is 0.0386. The second-order valence-corrected chi connectivity index (χ2v) is 15.9. The van der Waals surface area contributed by atoms with E-state index in [1.165, 1.54) is 22.7 Å². The minimum atomic E-state index is -0.166. The third-order valence-electron chi connectivity index (χ3n) is 10.2. The Morgan fingerprint density at radius 1 is 0.556 bits per heavy atom. The average molecular weight is 777 g/mol.